The van der Waals surface area contributed by atoms with E-state index >= 15 is 0 Å². The lowest BCUT2D eigenvalue weighted by molar-refractivity contribution is 0.374. The summed E-state index contributed by atoms with van der Waals surface area (Å²) in [7, 11) is 0. The molecule has 17 heavy (non-hydrogen) atoms. The van der Waals surface area contributed by atoms with Gasteiger partial charge in [0.1, 0.15) is 5.65 Å². The summed E-state index contributed by atoms with van der Waals surface area (Å²) in [6.45, 7) is 4.45. The van der Waals surface area contributed by atoms with Crippen LogP contribution in [0, 0.1) is 12.8 Å². The van der Waals surface area contributed by atoms with E-state index in [1.807, 2.05) is 0 Å². The Kier molecular flexibility index (Phi) is 2.85. The normalized spacial score (nSPS) is 20.9. The van der Waals surface area contributed by atoms with Crippen LogP contribution >= 0.6 is 0 Å². The average Bonchev–Trinajstić information content (AvgIpc) is 2.74. The van der Waals surface area contributed by atoms with Crippen molar-refractivity contribution >= 4 is 5.65 Å². The van der Waals surface area contributed by atoms with Gasteiger partial charge in [0.15, 0.2) is 0 Å². The van der Waals surface area contributed by atoms with E-state index in [-0.39, 0.29) is 0 Å². The lowest BCUT2D eigenvalue weighted by Gasteiger charge is -2.21. The largest absolute Gasteiger partial charge is 0.316 e. The summed E-state index contributed by atoms with van der Waals surface area (Å²) in [5.41, 5.74) is 3.58. The van der Waals surface area contributed by atoms with Gasteiger partial charge in [-0.2, -0.15) is 0 Å². The summed E-state index contributed by atoms with van der Waals surface area (Å²) in [6, 6.07) is 4.20. The zero-order valence-electron chi connectivity index (χ0n) is 10.3. The van der Waals surface area contributed by atoms with Crippen LogP contribution in [0.3, 0.4) is 0 Å². The van der Waals surface area contributed by atoms with Crippen molar-refractivity contribution < 1.29 is 0 Å². The van der Waals surface area contributed by atoms with E-state index in [0.29, 0.717) is 0 Å². The van der Waals surface area contributed by atoms with Crippen LogP contribution in [-0.2, 0) is 6.42 Å². The van der Waals surface area contributed by atoms with Crippen LogP contribution in [0.4, 0.5) is 0 Å². The number of nitrogens with zero attached hydrogens (tertiary/aromatic N) is 2. The summed E-state index contributed by atoms with van der Waals surface area (Å²) in [5, 5.41) is 3.47. The molecule has 3 heterocycles. The molecule has 2 aromatic rings. The number of hydrogen-bond acceptors (Lipinski definition) is 2. The van der Waals surface area contributed by atoms with Gasteiger partial charge in [-0.15, -0.1) is 0 Å². The fourth-order valence-corrected chi connectivity index (χ4v) is 2.70. The molecule has 0 amide bonds. The molecule has 1 aliphatic heterocycles. The van der Waals surface area contributed by atoms with Gasteiger partial charge in [0, 0.05) is 12.4 Å². The van der Waals surface area contributed by atoms with Crippen molar-refractivity contribution in [3.8, 4) is 0 Å². The first-order chi connectivity index (χ1) is 8.33. The second-order valence-corrected chi connectivity index (χ2v) is 5.07. The molecule has 1 saturated heterocycles. The van der Waals surface area contributed by atoms with Gasteiger partial charge in [0.25, 0.3) is 0 Å². The average molecular weight is 229 g/mol. The summed E-state index contributed by atoms with van der Waals surface area (Å²) < 4.78 is 2.14. The number of rotatable bonds is 2. The van der Waals surface area contributed by atoms with Crippen molar-refractivity contribution in [1.82, 2.24) is 14.7 Å². The molecule has 0 spiro atoms. The number of aryl methyl sites for hydroxylation is 1. The van der Waals surface area contributed by atoms with Crippen LogP contribution in [0.25, 0.3) is 5.65 Å². The zero-order valence-corrected chi connectivity index (χ0v) is 10.3. The molecule has 1 fully saturated rings. The van der Waals surface area contributed by atoms with Crippen LogP contribution in [0.1, 0.15) is 24.1 Å². The van der Waals surface area contributed by atoms with E-state index in [1.165, 1.54) is 30.6 Å². The van der Waals surface area contributed by atoms with Crippen molar-refractivity contribution in [3.63, 3.8) is 0 Å². The zero-order chi connectivity index (χ0) is 11.7. The van der Waals surface area contributed by atoms with E-state index in [1.54, 1.807) is 0 Å². The Labute approximate surface area is 102 Å². The number of nitrogens with one attached hydrogen (secondary N) is 1. The molecule has 0 radical (unpaired) electrons. The third-order valence-electron chi connectivity index (χ3n) is 3.62. The van der Waals surface area contributed by atoms with Crippen molar-refractivity contribution in [2.45, 2.75) is 26.2 Å². The Morgan fingerprint density at radius 2 is 2.47 bits per heavy atom. The highest BCUT2D eigenvalue weighted by Gasteiger charge is 2.15. The first-order valence-corrected chi connectivity index (χ1v) is 6.47. The molecule has 3 heteroatoms. The van der Waals surface area contributed by atoms with Gasteiger partial charge >= 0.3 is 0 Å². The number of fused-ring (bicyclic) bond motifs is 1. The highest BCUT2D eigenvalue weighted by Crippen LogP contribution is 2.17. The Hall–Kier alpha value is -1.35. The molecule has 1 aliphatic rings. The topological polar surface area (TPSA) is 29.3 Å². The van der Waals surface area contributed by atoms with E-state index in [2.05, 4.69) is 41.2 Å². The Balaban J connectivity index is 1.83. The van der Waals surface area contributed by atoms with E-state index in [4.69, 9.17) is 4.98 Å². The first kappa shape index (κ1) is 10.8. The standard InChI is InChI=1S/C14H19N3/c1-11-4-3-7-17-10-13(16-14(11)17)8-12-5-2-6-15-9-12/h3-4,7,10,12,15H,2,5-6,8-9H2,1H3. The van der Waals surface area contributed by atoms with Crippen molar-refractivity contribution in [1.29, 1.82) is 0 Å². The highest BCUT2D eigenvalue weighted by atomic mass is 15.0. The predicted molar refractivity (Wildman–Crippen MR) is 69.2 cm³/mol. The maximum absolute atomic E-state index is 4.74. The first-order valence-electron chi connectivity index (χ1n) is 6.47. The molecule has 0 aliphatic carbocycles. The summed E-state index contributed by atoms with van der Waals surface area (Å²) in [5.74, 6) is 0.758. The molecule has 3 nitrogen and oxygen atoms in total. The lowest BCUT2D eigenvalue weighted by Crippen LogP contribution is -2.30. The number of hydrogen-bond donors (Lipinski definition) is 1. The van der Waals surface area contributed by atoms with Gasteiger partial charge in [0.2, 0.25) is 0 Å². The number of imidazole rings is 1. The minimum absolute atomic E-state index is 0.758. The summed E-state index contributed by atoms with van der Waals surface area (Å²) >= 11 is 0. The molecule has 0 bridgehead atoms. The molecular weight excluding hydrogens is 210 g/mol. The molecular formula is C14H19N3. The quantitative estimate of drug-likeness (QED) is 0.855. The van der Waals surface area contributed by atoms with Gasteiger partial charge in [-0.25, -0.2) is 4.98 Å². The van der Waals surface area contributed by atoms with Crippen LogP contribution < -0.4 is 5.32 Å². The minimum atomic E-state index is 0.758. The maximum Gasteiger partial charge on any atom is 0.139 e. The van der Waals surface area contributed by atoms with Crippen molar-refractivity contribution in [2.24, 2.45) is 5.92 Å². The predicted octanol–water partition coefficient (Wildman–Crippen LogP) is 2.18. The Morgan fingerprint density at radius 1 is 1.53 bits per heavy atom. The molecule has 3 rings (SSSR count). The molecule has 1 N–H and O–H groups in total. The van der Waals surface area contributed by atoms with Gasteiger partial charge in [-0.1, -0.05) is 6.07 Å². The third-order valence-corrected chi connectivity index (χ3v) is 3.62. The van der Waals surface area contributed by atoms with E-state index in [0.717, 1.165) is 24.5 Å². The molecule has 0 saturated carbocycles. The van der Waals surface area contributed by atoms with E-state index < -0.39 is 0 Å². The maximum atomic E-state index is 4.74. The summed E-state index contributed by atoms with van der Waals surface area (Å²) in [6.07, 6.45) is 8.00. The summed E-state index contributed by atoms with van der Waals surface area (Å²) in [4.78, 5) is 4.74. The molecule has 2 aromatic heterocycles. The van der Waals surface area contributed by atoms with Crippen LogP contribution in [0.5, 0.6) is 0 Å². The molecule has 1 unspecified atom stereocenters. The van der Waals surface area contributed by atoms with Crippen molar-refractivity contribution in [3.05, 3.63) is 35.8 Å². The monoisotopic (exact) mass is 229 g/mol. The fourth-order valence-electron chi connectivity index (χ4n) is 2.70. The number of pyridine rings is 1. The number of aromatic nitrogens is 2. The highest BCUT2D eigenvalue weighted by molar-refractivity contribution is 5.47. The van der Waals surface area contributed by atoms with Gasteiger partial charge in [-0.05, 0) is 56.8 Å². The number of piperidine rings is 1. The van der Waals surface area contributed by atoms with Crippen molar-refractivity contribution in [2.75, 3.05) is 13.1 Å². The second kappa shape index (κ2) is 4.49. The van der Waals surface area contributed by atoms with Crippen LogP contribution in [0.15, 0.2) is 24.5 Å². The Bertz CT molecular complexity index is 509. The molecule has 90 valence electrons. The third kappa shape index (κ3) is 2.20. The minimum Gasteiger partial charge on any atom is -0.316 e. The van der Waals surface area contributed by atoms with E-state index in [9.17, 15) is 0 Å². The second-order valence-electron chi connectivity index (χ2n) is 5.07. The van der Waals surface area contributed by atoms with Crippen LogP contribution in [-0.4, -0.2) is 22.5 Å². The lowest BCUT2D eigenvalue weighted by atomic mass is 9.95. The molecule has 0 aromatic carbocycles. The Morgan fingerprint density at radius 3 is 3.24 bits per heavy atom. The SMILES string of the molecule is Cc1cccn2cc(CC3CCCNC3)nc12. The fraction of sp³-hybridized carbons (Fsp3) is 0.500. The van der Waals surface area contributed by atoms with Crippen LogP contribution in [0.2, 0.25) is 0 Å². The van der Waals surface area contributed by atoms with Gasteiger partial charge in [0.05, 0.1) is 5.69 Å². The van der Waals surface area contributed by atoms with Gasteiger partial charge in [-0.3, -0.25) is 0 Å². The van der Waals surface area contributed by atoms with Gasteiger partial charge < -0.3 is 9.72 Å². The molecule has 1 atom stereocenters. The smallest absolute Gasteiger partial charge is 0.139 e.